The highest BCUT2D eigenvalue weighted by atomic mass is 35.5. The Balaban J connectivity index is 2.09. The van der Waals surface area contributed by atoms with Gasteiger partial charge in [-0.3, -0.25) is 14.9 Å². The molecule has 0 fully saturated rings. The molecule has 22 heavy (non-hydrogen) atoms. The molecule has 112 valence electrons. The van der Waals surface area contributed by atoms with Gasteiger partial charge in [0.05, 0.1) is 11.1 Å². The van der Waals surface area contributed by atoms with Crippen LogP contribution in [0.4, 0.5) is 5.69 Å². The van der Waals surface area contributed by atoms with Crippen molar-refractivity contribution in [3.8, 4) is 5.75 Å². The molecule has 0 aromatic heterocycles. The van der Waals surface area contributed by atoms with Gasteiger partial charge in [0.25, 0.3) is 11.6 Å². The molecule has 1 amide bonds. The minimum atomic E-state index is -0.622. The molecule has 0 radical (unpaired) electrons. The Morgan fingerprint density at radius 1 is 1.23 bits per heavy atom. The molecule has 2 aromatic carbocycles. The van der Waals surface area contributed by atoms with Crippen molar-refractivity contribution >= 4 is 29.4 Å². The fraction of sp³-hybridized carbons (Fsp3) is 0. The third-order valence-corrected chi connectivity index (χ3v) is 2.93. The lowest BCUT2D eigenvalue weighted by Gasteiger charge is -2.08. The molecule has 0 saturated carbocycles. The number of rotatable bonds is 4. The van der Waals surface area contributed by atoms with Crippen LogP contribution in [0.1, 0.15) is 15.9 Å². The van der Waals surface area contributed by atoms with Crippen LogP contribution in [0, 0.1) is 10.1 Å². The van der Waals surface area contributed by atoms with E-state index in [9.17, 15) is 20.0 Å². The van der Waals surface area contributed by atoms with Crippen LogP contribution in [-0.4, -0.2) is 17.0 Å². The summed E-state index contributed by atoms with van der Waals surface area (Å²) in [5, 5.41) is 26.3. The minimum absolute atomic E-state index is 0.00519. The van der Waals surface area contributed by atoms with E-state index >= 15 is 0 Å². The molecule has 0 heterocycles. The summed E-state index contributed by atoms with van der Waals surface area (Å²) >= 11 is 5.71. The number of non-ortho nitro benzene ring substituents is 1. The first-order chi connectivity index (χ1) is 10.5. The summed E-state index contributed by atoms with van der Waals surface area (Å²) in [6.07, 6.45) is 1.06. The molecule has 0 aliphatic heterocycles. The van der Waals surface area contributed by atoms with Gasteiger partial charge in [0.2, 0.25) is 0 Å². The Hall–Kier alpha value is -2.93. The van der Waals surface area contributed by atoms with Crippen LogP contribution in [0.15, 0.2) is 47.6 Å². The van der Waals surface area contributed by atoms with E-state index in [1.807, 2.05) is 0 Å². The van der Waals surface area contributed by atoms with Crippen molar-refractivity contribution in [1.82, 2.24) is 5.43 Å². The summed E-state index contributed by atoms with van der Waals surface area (Å²) < 4.78 is 0. The quantitative estimate of drug-likeness (QED) is 0.529. The monoisotopic (exact) mass is 318 g/mol. The van der Waals surface area contributed by atoms with E-state index in [-0.39, 0.29) is 11.3 Å². The zero-order valence-electron chi connectivity index (χ0n) is 11.0. The Labute approximate surface area is 130 Å². The van der Waals surface area contributed by atoms with E-state index in [0.717, 1.165) is 24.4 Å². The molecular formula is C14H9ClN3O4-. The maximum absolute atomic E-state index is 11.8. The first-order valence-corrected chi connectivity index (χ1v) is 6.39. The number of hydrogen-bond donors (Lipinski definition) is 1. The standard InChI is InChI=1S/C14H10ClN3O4/c15-11-3-1-9(2-4-11)14(20)17-16-8-10-7-12(18(21)22)5-6-13(10)19/h1-8,19H,(H,17,20)/p-1/b16-8-. The molecule has 2 aromatic rings. The van der Waals surface area contributed by atoms with Crippen LogP contribution in [0.25, 0.3) is 0 Å². The highest BCUT2D eigenvalue weighted by Gasteiger charge is 2.06. The number of nitrogens with one attached hydrogen (secondary N) is 1. The van der Waals surface area contributed by atoms with Crippen molar-refractivity contribution in [1.29, 1.82) is 0 Å². The lowest BCUT2D eigenvalue weighted by Crippen LogP contribution is -2.17. The van der Waals surface area contributed by atoms with Gasteiger partial charge in [-0.15, -0.1) is 0 Å². The number of nitrogens with zero attached hydrogens (tertiary/aromatic N) is 2. The molecule has 8 heteroatoms. The van der Waals surface area contributed by atoms with Gasteiger partial charge < -0.3 is 5.11 Å². The van der Waals surface area contributed by atoms with Crippen LogP contribution >= 0.6 is 11.6 Å². The second-order valence-corrected chi connectivity index (χ2v) is 4.62. The predicted octanol–water partition coefficient (Wildman–Crippen LogP) is 2.09. The normalized spacial score (nSPS) is 10.6. The van der Waals surface area contributed by atoms with Gasteiger partial charge in [0.15, 0.2) is 0 Å². The van der Waals surface area contributed by atoms with E-state index < -0.39 is 16.6 Å². The van der Waals surface area contributed by atoms with Gasteiger partial charge in [0, 0.05) is 22.7 Å². The largest absolute Gasteiger partial charge is 0.872 e. The maximum Gasteiger partial charge on any atom is 0.271 e. The average molecular weight is 319 g/mol. The Morgan fingerprint density at radius 3 is 2.55 bits per heavy atom. The van der Waals surface area contributed by atoms with Crippen molar-refractivity contribution in [2.24, 2.45) is 5.10 Å². The van der Waals surface area contributed by atoms with Gasteiger partial charge >= 0.3 is 0 Å². The smallest absolute Gasteiger partial charge is 0.271 e. The fourth-order valence-corrected chi connectivity index (χ4v) is 1.70. The summed E-state index contributed by atoms with van der Waals surface area (Å²) in [4.78, 5) is 21.8. The van der Waals surface area contributed by atoms with Crippen molar-refractivity contribution in [3.63, 3.8) is 0 Å². The molecular weight excluding hydrogens is 310 g/mol. The molecule has 0 spiro atoms. The zero-order valence-corrected chi connectivity index (χ0v) is 11.8. The van der Waals surface area contributed by atoms with Crippen molar-refractivity contribution < 1.29 is 14.8 Å². The molecule has 1 N–H and O–H groups in total. The first-order valence-electron chi connectivity index (χ1n) is 6.02. The molecule has 0 saturated heterocycles. The molecule has 7 nitrogen and oxygen atoms in total. The number of carbonyl (C=O) groups is 1. The Morgan fingerprint density at radius 2 is 1.91 bits per heavy atom. The second-order valence-electron chi connectivity index (χ2n) is 4.19. The van der Waals surface area contributed by atoms with Crippen LogP contribution in [0.2, 0.25) is 5.02 Å². The third-order valence-electron chi connectivity index (χ3n) is 2.68. The Kier molecular flexibility index (Phi) is 4.70. The second kappa shape index (κ2) is 6.68. The number of carbonyl (C=O) groups excluding carboxylic acids is 1. The van der Waals surface area contributed by atoms with E-state index in [0.29, 0.717) is 10.6 Å². The van der Waals surface area contributed by atoms with Crippen molar-refractivity contribution in [3.05, 3.63) is 68.7 Å². The number of hydrogen-bond acceptors (Lipinski definition) is 5. The van der Waals surface area contributed by atoms with Crippen LogP contribution in [-0.2, 0) is 0 Å². The van der Waals surface area contributed by atoms with Gasteiger partial charge in [-0.05, 0) is 29.8 Å². The van der Waals surface area contributed by atoms with Gasteiger partial charge in [-0.2, -0.15) is 5.10 Å². The van der Waals surface area contributed by atoms with Crippen molar-refractivity contribution in [2.45, 2.75) is 0 Å². The van der Waals surface area contributed by atoms with Gasteiger partial charge in [-0.25, -0.2) is 5.43 Å². The number of benzene rings is 2. The SMILES string of the molecule is O=C(N/N=C\c1cc([N+](=O)[O-])ccc1[O-])c1ccc(Cl)cc1. The van der Waals surface area contributed by atoms with E-state index in [1.165, 1.54) is 12.1 Å². The molecule has 0 bridgehead atoms. The van der Waals surface area contributed by atoms with Gasteiger partial charge in [-0.1, -0.05) is 23.4 Å². The van der Waals surface area contributed by atoms with Gasteiger partial charge in [0.1, 0.15) is 0 Å². The highest BCUT2D eigenvalue weighted by Crippen LogP contribution is 2.19. The first kappa shape index (κ1) is 15.5. The van der Waals surface area contributed by atoms with Crippen LogP contribution in [0.3, 0.4) is 0 Å². The number of hydrazone groups is 1. The zero-order chi connectivity index (χ0) is 16.1. The summed E-state index contributed by atoms with van der Waals surface area (Å²) in [7, 11) is 0. The van der Waals surface area contributed by atoms with Crippen LogP contribution in [0.5, 0.6) is 5.75 Å². The predicted molar refractivity (Wildman–Crippen MR) is 79.1 cm³/mol. The highest BCUT2D eigenvalue weighted by molar-refractivity contribution is 6.30. The van der Waals surface area contributed by atoms with Crippen molar-refractivity contribution in [2.75, 3.05) is 0 Å². The molecule has 0 atom stereocenters. The Bertz CT molecular complexity index is 744. The number of amides is 1. The summed E-state index contributed by atoms with van der Waals surface area (Å²) in [6, 6.07) is 9.39. The molecule has 0 aliphatic carbocycles. The molecule has 0 aliphatic rings. The lowest BCUT2D eigenvalue weighted by molar-refractivity contribution is -0.385. The summed E-state index contributed by atoms with van der Waals surface area (Å²) in [6.45, 7) is 0. The van der Waals surface area contributed by atoms with E-state index in [1.54, 1.807) is 12.1 Å². The fourth-order valence-electron chi connectivity index (χ4n) is 1.58. The average Bonchev–Trinajstić information content (AvgIpc) is 2.49. The number of nitro groups is 1. The maximum atomic E-state index is 11.8. The molecule has 2 rings (SSSR count). The molecule has 0 unspecified atom stereocenters. The van der Waals surface area contributed by atoms with E-state index in [4.69, 9.17) is 11.6 Å². The topological polar surface area (TPSA) is 108 Å². The summed E-state index contributed by atoms with van der Waals surface area (Å²) in [5.74, 6) is -0.930. The van der Waals surface area contributed by atoms with Crippen LogP contribution < -0.4 is 10.5 Å². The minimum Gasteiger partial charge on any atom is -0.872 e. The number of halogens is 1. The van der Waals surface area contributed by atoms with E-state index in [2.05, 4.69) is 10.5 Å². The summed E-state index contributed by atoms with van der Waals surface area (Å²) in [5.41, 5.74) is 2.33. The number of nitro benzene ring substituents is 1. The lowest BCUT2D eigenvalue weighted by atomic mass is 10.2. The third kappa shape index (κ3) is 3.80.